The number of nitrogens with zero attached hydrogens (tertiary/aromatic N) is 3. The zero-order valence-electron chi connectivity index (χ0n) is 9.50. The van der Waals surface area contributed by atoms with Crippen molar-refractivity contribution < 1.29 is 9.84 Å². The highest BCUT2D eigenvalue weighted by Crippen LogP contribution is 2.26. The number of aliphatic hydroxyl groups is 1. The van der Waals surface area contributed by atoms with Crippen molar-refractivity contribution in [2.75, 3.05) is 26.3 Å². The predicted molar refractivity (Wildman–Crippen MR) is 65.8 cm³/mol. The number of piperidine rings is 1. The molecule has 2 aliphatic rings. The number of hydrogen-bond acceptors (Lipinski definition) is 4. The number of likely N-dealkylation sites (tertiary alicyclic amines) is 1. The van der Waals surface area contributed by atoms with Crippen LogP contribution >= 0.6 is 15.9 Å². The molecule has 0 bridgehead atoms. The molecule has 0 saturated carbocycles. The molecule has 1 aromatic heterocycles. The molecular weight excluding hydrogens is 286 g/mol. The van der Waals surface area contributed by atoms with Crippen molar-refractivity contribution in [3.05, 3.63) is 16.9 Å². The quantitative estimate of drug-likeness (QED) is 0.871. The van der Waals surface area contributed by atoms with Crippen LogP contribution in [0.4, 0.5) is 0 Å². The summed E-state index contributed by atoms with van der Waals surface area (Å²) in [5.41, 5.74) is 0. The van der Waals surface area contributed by atoms with Gasteiger partial charge in [-0.15, -0.1) is 0 Å². The SMILES string of the molecule is O[C@H]1CCN(C2COC2)C[C@@H]1n1cc(Br)cn1. The summed E-state index contributed by atoms with van der Waals surface area (Å²) in [6.45, 7) is 3.45. The highest BCUT2D eigenvalue weighted by Gasteiger charge is 2.35. The Morgan fingerprint density at radius 1 is 1.47 bits per heavy atom. The summed E-state index contributed by atoms with van der Waals surface area (Å²) in [4.78, 5) is 2.40. The second kappa shape index (κ2) is 4.68. The minimum Gasteiger partial charge on any atom is -0.391 e. The number of rotatable bonds is 2. The molecule has 5 nitrogen and oxygen atoms in total. The molecule has 6 heteroatoms. The number of halogens is 1. The molecule has 2 atom stereocenters. The summed E-state index contributed by atoms with van der Waals surface area (Å²) < 4.78 is 8.04. The lowest BCUT2D eigenvalue weighted by molar-refractivity contribution is -0.0913. The molecule has 3 rings (SSSR count). The van der Waals surface area contributed by atoms with Gasteiger partial charge in [0.1, 0.15) is 0 Å². The van der Waals surface area contributed by atoms with Crippen LogP contribution in [0, 0.1) is 0 Å². The lowest BCUT2D eigenvalue weighted by atomic mass is 10.00. The molecule has 2 aliphatic heterocycles. The summed E-state index contributed by atoms with van der Waals surface area (Å²) >= 11 is 3.39. The minimum absolute atomic E-state index is 0.0515. The van der Waals surface area contributed by atoms with Crippen LogP contribution in [-0.2, 0) is 4.74 Å². The molecule has 3 heterocycles. The Morgan fingerprint density at radius 3 is 2.88 bits per heavy atom. The summed E-state index contributed by atoms with van der Waals surface area (Å²) in [7, 11) is 0. The van der Waals surface area contributed by atoms with Crippen LogP contribution in [-0.4, -0.2) is 58.2 Å². The fourth-order valence-electron chi connectivity index (χ4n) is 2.47. The Kier molecular flexibility index (Phi) is 3.21. The van der Waals surface area contributed by atoms with E-state index in [1.807, 2.05) is 10.9 Å². The molecular formula is C11H16BrN3O2. The Bertz CT molecular complexity index is 394. The molecule has 0 amide bonds. The molecule has 2 fully saturated rings. The Balaban J connectivity index is 1.72. The first-order valence-corrected chi connectivity index (χ1v) is 6.73. The lowest BCUT2D eigenvalue weighted by Gasteiger charge is -2.43. The molecule has 0 spiro atoms. The third-order valence-electron chi connectivity index (χ3n) is 3.62. The van der Waals surface area contributed by atoms with Crippen LogP contribution in [0.15, 0.2) is 16.9 Å². The van der Waals surface area contributed by atoms with E-state index in [9.17, 15) is 5.11 Å². The van der Waals surface area contributed by atoms with Gasteiger partial charge in [-0.05, 0) is 22.4 Å². The van der Waals surface area contributed by atoms with E-state index < -0.39 is 0 Å². The number of ether oxygens (including phenoxy) is 1. The summed E-state index contributed by atoms with van der Waals surface area (Å²) in [6, 6.07) is 0.583. The highest BCUT2D eigenvalue weighted by atomic mass is 79.9. The van der Waals surface area contributed by atoms with Crippen LogP contribution in [0.25, 0.3) is 0 Å². The van der Waals surface area contributed by atoms with Crippen LogP contribution in [0.5, 0.6) is 0 Å². The van der Waals surface area contributed by atoms with Crippen molar-refractivity contribution in [3.8, 4) is 0 Å². The van der Waals surface area contributed by atoms with Gasteiger partial charge in [0.15, 0.2) is 0 Å². The first kappa shape index (κ1) is 11.6. The van der Waals surface area contributed by atoms with Gasteiger partial charge in [0.2, 0.25) is 0 Å². The zero-order valence-corrected chi connectivity index (χ0v) is 11.1. The van der Waals surface area contributed by atoms with Gasteiger partial charge in [0.05, 0.1) is 42.1 Å². The van der Waals surface area contributed by atoms with E-state index in [-0.39, 0.29) is 12.1 Å². The van der Waals surface area contributed by atoms with Gasteiger partial charge in [-0.3, -0.25) is 9.58 Å². The van der Waals surface area contributed by atoms with E-state index >= 15 is 0 Å². The Morgan fingerprint density at radius 2 is 2.29 bits per heavy atom. The predicted octanol–water partition coefficient (Wildman–Crippen LogP) is 0.652. The van der Waals surface area contributed by atoms with Gasteiger partial charge in [-0.25, -0.2) is 0 Å². The summed E-state index contributed by atoms with van der Waals surface area (Å²) in [6.07, 6.45) is 4.19. The van der Waals surface area contributed by atoms with E-state index in [1.54, 1.807) is 6.20 Å². The summed E-state index contributed by atoms with van der Waals surface area (Å²) in [5, 5.41) is 14.4. The largest absolute Gasteiger partial charge is 0.391 e. The molecule has 1 N–H and O–H groups in total. The van der Waals surface area contributed by atoms with Crippen molar-refractivity contribution in [2.24, 2.45) is 0 Å². The van der Waals surface area contributed by atoms with Gasteiger partial charge in [0.25, 0.3) is 0 Å². The standard InChI is InChI=1S/C11H16BrN3O2/c12-8-3-13-15(4-8)10-5-14(2-1-11(10)16)9-6-17-7-9/h3-4,9-11,16H,1-2,5-7H2/t10-,11-/m0/s1. The van der Waals surface area contributed by atoms with E-state index in [0.29, 0.717) is 6.04 Å². The molecule has 0 aliphatic carbocycles. The molecule has 0 unspecified atom stereocenters. The first-order chi connectivity index (χ1) is 8.24. The van der Waals surface area contributed by atoms with Gasteiger partial charge in [-0.1, -0.05) is 0 Å². The highest BCUT2D eigenvalue weighted by molar-refractivity contribution is 9.10. The van der Waals surface area contributed by atoms with E-state index in [4.69, 9.17) is 4.74 Å². The van der Waals surface area contributed by atoms with Gasteiger partial charge in [-0.2, -0.15) is 5.10 Å². The second-order valence-corrected chi connectivity index (χ2v) is 5.66. The van der Waals surface area contributed by atoms with Crippen LogP contribution in [0.3, 0.4) is 0 Å². The monoisotopic (exact) mass is 301 g/mol. The van der Waals surface area contributed by atoms with E-state index in [0.717, 1.165) is 37.2 Å². The third kappa shape index (κ3) is 2.27. The smallest absolute Gasteiger partial charge is 0.0905 e. The van der Waals surface area contributed by atoms with Gasteiger partial charge in [0, 0.05) is 19.3 Å². The van der Waals surface area contributed by atoms with Crippen molar-refractivity contribution in [1.29, 1.82) is 0 Å². The molecule has 2 saturated heterocycles. The normalized spacial score (nSPS) is 31.4. The molecule has 94 valence electrons. The fraction of sp³-hybridized carbons (Fsp3) is 0.727. The van der Waals surface area contributed by atoms with Crippen molar-refractivity contribution in [3.63, 3.8) is 0 Å². The van der Waals surface area contributed by atoms with Crippen molar-refractivity contribution >= 4 is 15.9 Å². The molecule has 0 aromatic carbocycles. The third-order valence-corrected chi connectivity index (χ3v) is 4.03. The van der Waals surface area contributed by atoms with Crippen LogP contribution in [0.1, 0.15) is 12.5 Å². The second-order valence-electron chi connectivity index (χ2n) is 4.75. The van der Waals surface area contributed by atoms with Crippen molar-refractivity contribution in [2.45, 2.75) is 24.6 Å². The maximum absolute atomic E-state index is 10.1. The Labute approximate surface area is 108 Å². The van der Waals surface area contributed by atoms with E-state index in [1.165, 1.54) is 0 Å². The lowest BCUT2D eigenvalue weighted by Crippen LogP contribution is -2.55. The average Bonchev–Trinajstić information content (AvgIpc) is 2.65. The van der Waals surface area contributed by atoms with E-state index in [2.05, 4.69) is 25.9 Å². The fourth-order valence-corrected chi connectivity index (χ4v) is 2.77. The van der Waals surface area contributed by atoms with Crippen LogP contribution in [0.2, 0.25) is 0 Å². The number of aliphatic hydroxyl groups excluding tert-OH is 1. The first-order valence-electron chi connectivity index (χ1n) is 5.93. The number of aromatic nitrogens is 2. The Hall–Kier alpha value is -0.430. The molecule has 17 heavy (non-hydrogen) atoms. The zero-order chi connectivity index (χ0) is 11.8. The van der Waals surface area contributed by atoms with Gasteiger partial charge >= 0.3 is 0 Å². The molecule has 1 aromatic rings. The number of hydrogen-bond donors (Lipinski definition) is 1. The topological polar surface area (TPSA) is 50.5 Å². The maximum atomic E-state index is 10.1. The maximum Gasteiger partial charge on any atom is 0.0905 e. The van der Waals surface area contributed by atoms with Gasteiger partial charge < -0.3 is 9.84 Å². The molecule has 0 radical (unpaired) electrons. The average molecular weight is 302 g/mol. The summed E-state index contributed by atoms with van der Waals surface area (Å²) in [5.74, 6) is 0. The van der Waals surface area contributed by atoms with Crippen LogP contribution < -0.4 is 0 Å². The van der Waals surface area contributed by atoms with Crippen molar-refractivity contribution in [1.82, 2.24) is 14.7 Å². The minimum atomic E-state index is -0.306.